The molecule has 0 aromatic heterocycles. The molecule has 0 radical (unpaired) electrons. The molecule has 0 unspecified atom stereocenters. The SMILES string of the molecule is CN(C)c1ccc(OC(F)F)c(CN[C@H]2CCCN[C@H]2c2ccccc2)c1. The summed E-state index contributed by atoms with van der Waals surface area (Å²) in [7, 11) is 3.85. The van der Waals surface area contributed by atoms with Gasteiger partial charge in [-0.1, -0.05) is 30.3 Å². The quantitative estimate of drug-likeness (QED) is 0.769. The molecule has 6 heteroatoms. The highest BCUT2D eigenvalue weighted by atomic mass is 19.3. The number of rotatable bonds is 7. The van der Waals surface area contributed by atoms with Crippen LogP contribution in [0.3, 0.4) is 0 Å². The largest absolute Gasteiger partial charge is 0.434 e. The normalized spacial score (nSPS) is 19.9. The number of hydrogen-bond donors (Lipinski definition) is 2. The van der Waals surface area contributed by atoms with Gasteiger partial charge in [0.2, 0.25) is 0 Å². The fourth-order valence-corrected chi connectivity index (χ4v) is 3.55. The first-order valence-corrected chi connectivity index (χ1v) is 9.31. The second kappa shape index (κ2) is 9.15. The average molecular weight is 375 g/mol. The Balaban J connectivity index is 1.76. The lowest BCUT2D eigenvalue weighted by Crippen LogP contribution is -2.45. The van der Waals surface area contributed by atoms with E-state index >= 15 is 0 Å². The van der Waals surface area contributed by atoms with Crippen LogP contribution < -0.4 is 20.3 Å². The first kappa shape index (κ1) is 19.6. The number of piperidine rings is 1. The molecule has 4 nitrogen and oxygen atoms in total. The summed E-state index contributed by atoms with van der Waals surface area (Å²) in [4.78, 5) is 1.95. The minimum atomic E-state index is -2.83. The van der Waals surface area contributed by atoms with Crippen molar-refractivity contribution in [1.82, 2.24) is 10.6 Å². The van der Waals surface area contributed by atoms with Crippen molar-refractivity contribution in [3.63, 3.8) is 0 Å². The Morgan fingerprint density at radius 1 is 1.19 bits per heavy atom. The summed E-state index contributed by atoms with van der Waals surface area (Å²) in [5.74, 6) is 0.225. The van der Waals surface area contributed by atoms with Gasteiger partial charge in [0, 0.05) is 44.0 Å². The van der Waals surface area contributed by atoms with E-state index in [2.05, 4.69) is 22.8 Å². The summed E-state index contributed by atoms with van der Waals surface area (Å²) in [6, 6.07) is 16.1. The Bertz CT molecular complexity index is 725. The molecule has 2 aromatic rings. The Labute approximate surface area is 159 Å². The lowest BCUT2D eigenvalue weighted by molar-refractivity contribution is -0.0505. The molecule has 1 heterocycles. The third-order valence-electron chi connectivity index (χ3n) is 4.95. The molecule has 146 valence electrons. The van der Waals surface area contributed by atoms with Crippen molar-refractivity contribution in [3.05, 3.63) is 59.7 Å². The molecule has 2 aromatic carbocycles. The number of ether oxygens (including phenoxy) is 1. The summed E-state index contributed by atoms with van der Waals surface area (Å²) in [5, 5.41) is 7.14. The molecule has 0 amide bonds. The van der Waals surface area contributed by atoms with Crippen LogP contribution in [0.25, 0.3) is 0 Å². The molecule has 1 aliphatic heterocycles. The topological polar surface area (TPSA) is 36.5 Å². The molecular weight excluding hydrogens is 348 g/mol. The molecule has 2 N–H and O–H groups in total. The van der Waals surface area contributed by atoms with Crippen LogP contribution in [0.2, 0.25) is 0 Å². The first-order valence-electron chi connectivity index (χ1n) is 9.31. The van der Waals surface area contributed by atoms with Crippen molar-refractivity contribution in [2.45, 2.75) is 38.1 Å². The lowest BCUT2D eigenvalue weighted by atomic mass is 9.92. The fourth-order valence-electron chi connectivity index (χ4n) is 3.55. The van der Waals surface area contributed by atoms with Gasteiger partial charge in [-0.15, -0.1) is 0 Å². The molecule has 0 spiro atoms. The van der Waals surface area contributed by atoms with Gasteiger partial charge in [0.25, 0.3) is 0 Å². The first-order chi connectivity index (χ1) is 13.0. The van der Waals surface area contributed by atoms with Crippen LogP contribution in [0.15, 0.2) is 48.5 Å². The Morgan fingerprint density at radius 3 is 2.67 bits per heavy atom. The zero-order chi connectivity index (χ0) is 19.2. The highest BCUT2D eigenvalue weighted by molar-refractivity contribution is 5.52. The van der Waals surface area contributed by atoms with E-state index in [1.165, 1.54) is 5.56 Å². The number of anilines is 1. The minimum Gasteiger partial charge on any atom is -0.434 e. The monoisotopic (exact) mass is 375 g/mol. The predicted molar refractivity (Wildman–Crippen MR) is 104 cm³/mol. The van der Waals surface area contributed by atoms with Gasteiger partial charge < -0.3 is 20.3 Å². The third-order valence-corrected chi connectivity index (χ3v) is 4.95. The third kappa shape index (κ3) is 5.17. The van der Waals surface area contributed by atoms with Crippen LogP contribution in [0.4, 0.5) is 14.5 Å². The van der Waals surface area contributed by atoms with Gasteiger partial charge >= 0.3 is 6.61 Å². The lowest BCUT2D eigenvalue weighted by Gasteiger charge is -2.34. The molecule has 1 aliphatic rings. The van der Waals surface area contributed by atoms with Crippen LogP contribution in [-0.2, 0) is 6.54 Å². The molecule has 0 bridgehead atoms. The van der Waals surface area contributed by atoms with E-state index in [9.17, 15) is 8.78 Å². The van der Waals surface area contributed by atoms with Crippen LogP contribution in [0.5, 0.6) is 5.75 Å². The molecule has 27 heavy (non-hydrogen) atoms. The highest BCUT2D eigenvalue weighted by Crippen LogP contribution is 2.28. The van der Waals surface area contributed by atoms with E-state index in [0.717, 1.165) is 30.6 Å². The maximum Gasteiger partial charge on any atom is 0.387 e. The van der Waals surface area contributed by atoms with E-state index in [-0.39, 0.29) is 17.8 Å². The highest BCUT2D eigenvalue weighted by Gasteiger charge is 2.26. The van der Waals surface area contributed by atoms with E-state index in [1.807, 2.05) is 43.3 Å². The van der Waals surface area contributed by atoms with Gasteiger partial charge in [-0.25, -0.2) is 0 Å². The second-order valence-corrected chi connectivity index (χ2v) is 7.04. The maximum atomic E-state index is 12.8. The Morgan fingerprint density at radius 2 is 1.96 bits per heavy atom. The zero-order valence-corrected chi connectivity index (χ0v) is 15.8. The van der Waals surface area contributed by atoms with Gasteiger partial charge in [0.05, 0.1) is 0 Å². The van der Waals surface area contributed by atoms with Crippen LogP contribution in [-0.4, -0.2) is 33.3 Å². The van der Waals surface area contributed by atoms with Crippen LogP contribution in [0.1, 0.15) is 30.0 Å². The van der Waals surface area contributed by atoms with Crippen molar-refractivity contribution in [1.29, 1.82) is 0 Å². The predicted octanol–water partition coefficient (Wildman–Crippen LogP) is 3.94. The Kier molecular flexibility index (Phi) is 6.63. The Hall–Kier alpha value is -2.18. The van der Waals surface area contributed by atoms with E-state index in [4.69, 9.17) is 4.74 Å². The van der Waals surface area contributed by atoms with Gasteiger partial charge in [-0.2, -0.15) is 8.78 Å². The molecule has 0 saturated carbocycles. The zero-order valence-electron chi connectivity index (χ0n) is 15.8. The summed E-state index contributed by atoms with van der Waals surface area (Å²) in [5.41, 5.74) is 2.93. The standard InChI is InChI=1S/C21H27F2N3O/c1-26(2)17-10-11-19(27-21(22)23)16(13-17)14-25-18-9-6-12-24-20(18)15-7-4-3-5-8-15/h3-5,7-8,10-11,13,18,20-21,24-25H,6,9,12,14H2,1-2H3/t18-,20-/m0/s1. The van der Waals surface area contributed by atoms with Crippen LogP contribution >= 0.6 is 0 Å². The van der Waals surface area contributed by atoms with Crippen molar-refractivity contribution in [3.8, 4) is 5.75 Å². The van der Waals surface area contributed by atoms with Gasteiger partial charge in [-0.3, -0.25) is 0 Å². The number of benzene rings is 2. The van der Waals surface area contributed by atoms with Crippen molar-refractivity contribution < 1.29 is 13.5 Å². The molecule has 0 aliphatic carbocycles. The van der Waals surface area contributed by atoms with Gasteiger partial charge in [-0.05, 0) is 43.1 Å². The van der Waals surface area contributed by atoms with Gasteiger partial charge in [0.1, 0.15) is 5.75 Å². The number of halogens is 2. The molecule has 3 rings (SSSR count). The number of nitrogens with one attached hydrogen (secondary N) is 2. The van der Waals surface area contributed by atoms with Crippen molar-refractivity contribution in [2.24, 2.45) is 0 Å². The van der Waals surface area contributed by atoms with E-state index < -0.39 is 6.61 Å². The minimum absolute atomic E-state index is 0.205. The summed E-state index contributed by atoms with van der Waals surface area (Å²) in [6.07, 6.45) is 2.12. The fraction of sp³-hybridized carbons (Fsp3) is 0.429. The molecule has 1 fully saturated rings. The second-order valence-electron chi connectivity index (χ2n) is 7.04. The summed E-state index contributed by atoms with van der Waals surface area (Å²) < 4.78 is 30.3. The summed E-state index contributed by atoms with van der Waals surface area (Å²) >= 11 is 0. The van der Waals surface area contributed by atoms with E-state index in [0.29, 0.717) is 6.54 Å². The number of hydrogen-bond acceptors (Lipinski definition) is 4. The number of alkyl halides is 2. The molecule has 1 saturated heterocycles. The van der Waals surface area contributed by atoms with Crippen molar-refractivity contribution >= 4 is 5.69 Å². The van der Waals surface area contributed by atoms with Crippen molar-refractivity contribution in [2.75, 3.05) is 25.5 Å². The van der Waals surface area contributed by atoms with Crippen LogP contribution in [0, 0.1) is 0 Å². The maximum absolute atomic E-state index is 12.8. The number of nitrogens with zero attached hydrogens (tertiary/aromatic N) is 1. The molecular formula is C21H27F2N3O. The summed E-state index contributed by atoms with van der Waals surface area (Å²) in [6.45, 7) is -1.38. The van der Waals surface area contributed by atoms with Gasteiger partial charge in [0.15, 0.2) is 0 Å². The average Bonchev–Trinajstić information content (AvgIpc) is 2.67. The van der Waals surface area contributed by atoms with E-state index in [1.54, 1.807) is 12.1 Å². The molecule has 2 atom stereocenters. The smallest absolute Gasteiger partial charge is 0.387 e.